The first-order valence-electron chi connectivity index (χ1n) is 5.23. The van der Waals surface area contributed by atoms with Gasteiger partial charge in [-0.3, -0.25) is 0 Å². The number of hydrogen-bond acceptors (Lipinski definition) is 5. The fraction of sp³-hybridized carbons (Fsp3) is 0.778. The minimum atomic E-state index is -4.18. The van der Waals surface area contributed by atoms with Crippen LogP contribution in [0.1, 0.15) is 19.2 Å². The van der Waals surface area contributed by atoms with Gasteiger partial charge in [-0.05, 0) is 6.54 Å². The van der Waals surface area contributed by atoms with Crippen LogP contribution in [-0.2, 0) is 6.54 Å². The second-order valence-corrected chi connectivity index (χ2v) is 3.55. The molecule has 0 spiro atoms. The molecular formula is C9H15F3N4O. The second-order valence-electron chi connectivity index (χ2n) is 3.55. The molecular weight excluding hydrogens is 237 g/mol. The van der Waals surface area contributed by atoms with E-state index >= 15 is 0 Å². The van der Waals surface area contributed by atoms with Crippen molar-refractivity contribution in [2.24, 2.45) is 0 Å². The van der Waals surface area contributed by atoms with Gasteiger partial charge < -0.3 is 14.6 Å². The Balaban J connectivity index is 2.46. The molecule has 1 aromatic heterocycles. The molecule has 17 heavy (non-hydrogen) atoms. The third-order valence-corrected chi connectivity index (χ3v) is 2.04. The third kappa shape index (κ3) is 5.03. The van der Waals surface area contributed by atoms with Gasteiger partial charge in [-0.15, -0.1) is 5.10 Å². The van der Waals surface area contributed by atoms with Crippen LogP contribution in [0.5, 0.6) is 0 Å². The zero-order valence-corrected chi connectivity index (χ0v) is 9.71. The van der Waals surface area contributed by atoms with Gasteiger partial charge in [-0.2, -0.15) is 13.2 Å². The molecule has 98 valence electrons. The Bertz CT molecular complexity index is 339. The van der Waals surface area contributed by atoms with Crippen LogP contribution in [0, 0.1) is 0 Å². The number of aromatic nitrogens is 2. The highest BCUT2D eigenvalue weighted by Gasteiger charge is 2.28. The predicted octanol–water partition coefficient (Wildman–Crippen LogP) is 1.57. The largest absolute Gasteiger partial charge is 0.407 e. The van der Waals surface area contributed by atoms with Crippen LogP contribution in [0.2, 0.25) is 0 Å². The molecule has 0 radical (unpaired) electrons. The minimum absolute atomic E-state index is 0.0992. The number of alkyl halides is 3. The maximum atomic E-state index is 12.0. The Morgan fingerprint density at radius 2 is 2.06 bits per heavy atom. The van der Waals surface area contributed by atoms with Gasteiger partial charge in [0, 0.05) is 13.6 Å². The molecule has 5 nitrogen and oxygen atoms in total. The lowest BCUT2D eigenvalue weighted by molar-refractivity contribution is -0.132. The molecule has 1 rings (SSSR count). The molecule has 0 aliphatic rings. The van der Waals surface area contributed by atoms with Crippen LogP contribution in [0.4, 0.5) is 19.2 Å². The van der Waals surface area contributed by atoms with Gasteiger partial charge in [0.15, 0.2) is 0 Å². The summed E-state index contributed by atoms with van der Waals surface area (Å²) in [6.45, 7) is 2.89. The van der Waals surface area contributed by atoms with Gasteiger partial charge in [-0.1, -0.05) is 12.0 Å². The molecule has 0 fully saturated rings. The van der Waals surface area contributed by atoms with E-state index in [1.165, 1.54) is 11.9 Å². The van der Waals surface area contributed by atoms with Crippen LogP contribution >= 0.6 is 0 Å². The molecule has 0 amide bonds. The Kier molecular flexibility index (Phi) is 4.73. The van der Waals surface area contributed by atoms with Crippen LogP contribution in [0.15, 0.2) is 4.42 Å². The maximum absolute atomic E-state index is 12.0. The average molecular weight is 252 g/mol. The summed E-state index contributed by atoms with van der Waals surface area (Å²) in [5, 5.41) is 10.4. The highest BCUT2D eigenvalue weighted by molar-refractivity contribution is 5.21. The summed E-state index contributed by atoms with van der Waals surface area (Å²) in [6.07, 6.45) is -5.09. The van der Waals surface area contributed by atoms with Crippen molar-refractivity contribution >= 4 is 6.01 Å². The number of nitrogens with one attached hydrogen (secondary N) is 1. The van der Waals surface area contributed by atoms with Crippen molar-refractivity contribution in [1.82, 2.24) is 15.5 Å². The van der Waals surface area contributed by atoms with Gasteiger partial charge in [-0.25, -0.2) is 0 Å². The Morgan fingerprint density at radius 3 is 2.65 bits per heavy atom. The van der Waals surface area contributed by atoms with Crippen LogP contribution in [0.3, 0.4) is 0 Å². The molecule has 1 aromatic rings. The molecule has 0 atom stereocenters. The van der Waals surface area contributed by atoms with Crippen molar-refractivity contribution < 1.29 is 17.6 Å². The van der Waals surface area contributed by atoms with Crippen molar-refractivity contribution in [1.29, 1.82) is 0 Å². The van der Waals surface area contributed by atoms with E-state index in [9.17, 15) is 13.2 Å². The molecule has 0 saturated carbocycles. The molecule has 0 saturated heterocycles. The fourth-order valence-electron chi connectivity index (χ4n) is 1.09. The molecule has 0 bridgehead atoms. The van der Waals surface area contributed by atoms with Gasteiger partial charge >= 0.3 is 12.2 Å². The molecule has 1 N–H and O–H groups in total. The number of anilines is 1. The van der Waals surface area contributed by atoms with Crippen molar-refractivity contribution in [2.45, 2.75) is 26.1 Å². The smallest absolute Gasteiger partial charge is 0.390 e. The summed E-state index contributed by atoms with van der Waals surface area (Å²) in [6, 6.07) is 0.0992. The molecule has 1 heterocycles. The highest BCUT2D eigenvalue weighted by Crippen LogP contribution is 2.21. The van der Waals surface area contributed by atoms with E-state index in [1.807, 2.05) is 6.92 Å². The summed E-state index contributed by atoms with van der Waals surface area (Å²) in [5.41, 5.74) is 0. The van der Waals surface area contributed by atoms with Crippen molar-refractivity contribution in [3.05, 3.63) is 5.89 Å². The fourth-order valence-corrected chi connectivity index (χ4v) is 1.09. The molecule has 0 aliphatic heterocycles. The first-order valence-corrected chi connectivity index (χ1v) is 5.23. The zero-order valence-electron chi connectivity index (χ0n) is 9.71. The Hall–Kier alpha value is -1.31. The second kappa shape index (κ2) is 5.85. The van der Waals surface area contributed by atoms with Crippen LogP contribution in [-0.4, -0.2) is 36.5 Å². The van der Waals surface area contributed by atoms with Crippen LogP contribution < -0.4 is 10.2 Å². The molecule has 0 unspecified atom stereocenters. The first-order chi connectivity index (χ1) is 7.92. The maximum Gasteiger partial charge on any atom is 0.390 e. The van der Waals surface area contributed by atoms with Crippen LogP contribution in [0.25, 0.3) is 0 Å². The van der Waals surface area contributed by atoms with Gasteiger partial charge in [0.1, 0.15) is 0 Å². The van der Waals surface area contributed by atoms with E-state index in [-0.39, 0.29) is 12.6 Å². The lowest BCUT2D eigenvalue weighted by Crippen LogP contribution is -2.24. The van der Waals surface area contributed by atoms with E-state index < -0.39 is 12.6 Å². The summed E-state index contributed by atoms with van der Waals surface area (Å²) in [5.74, 6) is 0.362. The third-order valence-electron chi connectivity index (χ3n) is 2.04. The quantitative estimate of drug-likeness (QED) is 0.832. The minimum Gasteiger partial charge on any atom is -0.407 e. The van der Waals surface area contributed by atoms with Gasteiger partial charge in [0.05, 0.1) is 13.0 Å². The summed E-state index contributed by atoms with van der Waals surface area (Å²) in [4.78, 5) is 1.29. The lowest BCUT2D eigenvalue weighted by atomic mass is 10.4. The van der Waals surface area contributed by atoms with E-state index in [1.54, 1.807) is 0 Å². The predicted molar refractivity (Wildman–Crippen MR) is 55.6 cm³/mol. The standard InChI is InChI=1S/C9H15F3N4O/c1-3-13-6-7-14-15-8(17-7)16(2)5-4-9(10,11)12/h13H,3-6H2,1-2H3. The van der Waals surface area contributed by atoms with E-state index in [4.69, 9.17) is 4.42 Å². The Labute approximate surface area is 97.0 Å². The SMILES string of the molecule is CCNCc1nnc(N(C)CCC(F)(F)F)o1. The van der Waals surface area contributed by atoms with E-state index in [0.29, 0.717) is 12.4 Å². The highest BCUT2D eigenvalue weighted by atomic mass is 19.4. The topological polar surface area (TPSA) is 54.2 Å². The molecule has 8 heteroatoms. The van der Waals surface area contributed by atoms with Crippen molar-refractivity contribution in [3.8, 4) is 0 Å². The summed E-state index contributed by atoms with van der Waals surface area (Å²) in [7, 11) is 1.48. The number of nitrogens with zero attached hydrogens (tertiary/aromatic N) is 3. The first kappa shape index (κ1) is 13.8. The molecule has 0 aliphatic carbocycles. The van der Waals surface area contributed by atoms with Gasteiger partial charge in [0.25, 0.3) is 0 Å². The van der Waals surface area contributed by atoms with Crippen molar-refractivity contribution in [3.63, 3.8) is 0 Å². The number of halogens is 3. The van der Waals surface area contributed by atoms with Gasteiger partial charge in [0.2, 0.25) is 5.89 Å². The van der Waals surface area contributed by atoms with E-state index in [0.717, 1.165) is 6.54 Å². The summed E-state index contributed by atoms with van der Waals surface area (Å²) >= 11 is 0. The normalized spacial score (nSPS) is 11.8. The zero-order chi connectivity index (χ0) is 12.9. The molecule has 0 aromatic carbocycles. The number of rotatable bonds is 6. The van der Waals surface area contributed by atoms with Crippen molar-refractivity contribution in [2.75, 3.05) is 25.0 Å². The van der Waals surface area contributed by atoms with E-state index in [2.05, 4.69) is 15.5 Å². The average Bonchev–Trinajstić information content (AvgIpc) is 2.70. The lowest BCUT2D eigenvalue weighted by Gasteiger charge is -2.14. The Morgan fingerprint density at radius 1 is 1.35 bits per heavy atom. The number of hydrogen-bond donors (Lipinski definition) is 1. The summed E-state index contributed by atoms with van der Waals surface area (Å²) < 4.78 is 41.2. The monoisotopic (exact) mass is 252 g/mol.